The van der Waals surface area contributed by atoms with E-state index in [1.54, 1.807) is 30.3 Å². The van der Waals surface area contributed by atoms with Gasteiger partial charge in [-0.25, -0.2) is 0 Å². The first-order chi connectivity index (χ1) is 17.8. The highest BCUT2D eigenvalue weighted by Crippen LogP contribution is 2.32. The zero-order valence-electron chi connectivity index (χ0n) is 20.9. The number of amides is 3. The average molecular weight is 517 g/mol. The predicted molar refractivity (Wildman–Crippen MR) is 146 cm³/mol. The highest BCUT2D eigenvalue weighted by molar-refractivity contribution is 8.18. The van der Waals surface area contributed by atoms with Crippen LogP contribution in [0.1, 0.15) is 22.3 Å². The average Bonchev–Trinajstić information content (AvgIpc) is 3.12. The van der Waals surface area contributed by atoms with E-state index in [1.807, 2.05) is 63.2 Å². The van der Waals surface area contributed by atoms with Crippen molar-refractivity contribution in [3.63, 3.8) is 0 Å². The number of thioether (sulfide) groups is 1. The van der Waals surface area contributed by atoms with Crippen LogP contribution >= 0.6 is 11.8 Å². The Balaban J connectivity index is 1.32. The van der Waals surface area contributed by atoms with Gasteiger partial charge in [0.1, 0.15) is 18.1 Å². The Kier molecular flexibility index (Phi) is 8.30. The van der Waals surface area contributed by atoms with Gasteiger partial charge in [0.05, 0.1) is 11.4 Å². The third-order valence-electron chi connectivity index (χ3n) is 5.63. The number of carbonyl (C=O) groups is 3. The maximum absolute atomic E-state index is 12.8. The van der Waals surface area contributed by atoms with Crippen molar-refractivity contribution in [1.29, 1.82) is 0 Å². The number of ether oxygens (including phenoxy) is 2. The molecule has 0 unspecified atom stereocenters. The summed E-state index contributed by atoms with van der Waals surface area (Å²) in [5.74, 6) is 0.547. The van der Waals surface area contributed by atoms with E-state index >= 15 is 0 Å². The Morgan fingerprint density at radius 1 is 0.919 bits per heavy atom. The lowest BCUT2D eigenvalue weighted by molar-refractivity contribution is -0.123. The van der Waals surface area contributed by atoms with Crippen LogP contribution in [-0.2, 0) is 9.59 Å². The molecule has 0 saturated carbocycles. The maximum atomic E-state index is 12.8. The Hall–Kier alpha value is -4.04. The molecule has 4 rings (SSSR count). The molecule has 1 N–H and O–H groups in total. The van der Waals surface area contributed by atoms with Gasteiger partial charge in [0.15, 0.2) is 6.61 Å². The molecule has 0 spiro atoms. The largest absolute Gasteiger partial charge is 0.492 e. The van der Waals surface area contributed by atoms with Gasteiger partial charge < -0.3 is 14.8 Å². The fraction of sp³-hybridized carbons (Fsp3) is 0.207. The van der Waals surface area contributed by atoms with Crippen molar-refractivity contribution in [3.8, 4) is 11.5 Å². The Morgan fingerprint density at radius 3 is 2.41 bits per heavy atom. The van der Waals surface area contributed by atoms with Crippen molar-refractivity contribution in [2.75, 3.05) is 25.1 Å². The van der Waals surface area contributed by atoms with E-state index in [-0.39, 0.29) is 36.8 Å². The molecule has 1 saturated heterocycles. The summed E-state index contributed by atoms with van der Waals surface area (Å²) >= 11 is 0.891. The molecule has 1 fully saturated rings. The third-order valence-corrected chi connectivity index (χ3v) is 6.54. The van der Waals surface area contributed by atoms with Crippen LogP contribution < -0.4 is 14.8 Å². The van der Waals surface area contributed by atoms with Crippen molar-refractivity contribution >= 4 is 40.6 Å². The number of rotatable bonds is 9. The first kappa shape index (κ1) is 26.0. The molecule has 0 atom stereocenters. The van der Waals surface area contributed by atoms with E-state index in [0.717, 1.165) is 34.1 Å². The first-order valence-electron chi connectivity index (χ1n) is 11.8. The first-order valence-corrected chi connectivity index (χ1v) is 12.6. The summed E-state index contributed by atoms with van der Waals surface area (Å²) < 4.78 is 11.3. The summed E-state index contributed by atoms with van der Waals surface area (Å²) in [6.45, 7) is 6.11. The third kappa shape index (κ3) is 7.01. The summed E-state index contributed by atoms with van der Waals surface area (Å²) in [6.07, 6.45) is 1.65. The fourth-order valence-corrected chi connectivity index (χ4v) is 4.65. The van der Waals surface area contributed by atoms with E-state index in [1.165, 1.54) is 4.90 Å². The van der Waals surface area contributed by atoms with Crippen molar-refractivity contribution in [2.45, 2.75) is 20.8 Å². The summed E-state index contributed by atoms with van der Waals surface area (Å²) in [4.78, 5) is 39.1. The highest BCUT2D eigenvalue weighted by Gasteiger charge is 2.34. The van der Waals surface area contributed by atoms with Gasteiger partial charge in [0, 0.05) is 5.69 Å². The lowest BCUT2D eigenvalue weighted by atomic mass is 10.1. The molecule has 8 heteroatoms. The van der Waals surface area contributed by atoms with Crippen LogP contribution in [0, 0.1) is 20.8 Å². The van der Waals surface area contributed by atoms with E-state index < -0.39 is 0 Å². The van der Waals surface area contributed by atoms with Crippen molar-refractivity contribution in [1.82, 2.24) is 4.90 Å². The molecule has 1 aliphatic heterocycles. The zero-order valence-corrected chi connectivity index (χ0v) is 21.8. The molecule has 37 heavy (non-hydrogen) atoms. The van der Waals surface area contributed by atoms with Crippen LogP contribution in [0.5, 0.6) is 11.5 Å². The topological polar surface area (TPSA) is 84.9 Å². The summed E-state index contributed by atoms with van der Waals surface area (Å²) in [5, 5.41) is 2.52. The molecule has 0 aliphatic carbocycles. The van der Waals surface area contributed by atoms with Crippen LogP contribution in [0.25, 0.3) is 6.08 Å². The number of anilines is 1. The molecule has 3 amide bonds. The zero-order chi connectivity index (χ0) is 26.4. The molecule has 3 aromatic carbocycles. The van der Waals surface area contributed by atoms with Crippen LogP contribution in [0.3, 0.4) is 0 Å². The molecule has 3 aromatic rings. The quantitative estimate of drug-likeness (QED) is 0.365. The monoisotopic (exact) mass is 516 g/mol. The van der Waals surface area contributed by atoms with Gasteiger partial charge in [-0.05, 0) is 85.6 Å². The number of hydrogen-bond acceptors (Lipinski definition) is 6. The lowest BCUT2D eigenvalue weighted by Gasteiger charge is -2.13. The van der Waals surface area contributed by atoms with E-state index in [2.05, 4.69) is 5.32 Å². The molecular weight excluding hydrogens is 488 g/mol. The molecule has 190 valence electrons. The number of imide groups is 1. The van der Waals surface area contributed by atoms with Gasteiger partial charge in [-0.3, -0.25) is 19.3 Å². The lowest BCUT2D eigenvalue weighted by Crippen LogP contribution is -2.32. The van der Waals surface area contributed by atoms with Gasteiger partial charge >= 0.3 is 0 Å². The fourth-order valence-electron chi connectivity index (χ4n) is 3.79. The Labute approximate surface area is 220 Å². The standard InChI is InChI=1S/C29H28N2O5S/c1-19-6-4-8-23(15-19)35-13-12-31-28(33)26(37-29(31)34)17-22-7-5-9-24(16-22)36-18-27(32)30-25-11-10-20(2)14-21(25)3/h4-11,14-17H,12-13,18H2,1-3H3,(H,30,32)/b26-17-. The van der Waals surface area contributed by atoms with E-state index in [0.29, 0.717) is 22.0 Å². The van der Waals surface area contributed by atoms with Crippen molar-refractivity contribution in [3.05, 3.63) is 93.9 Å². The SMILES string of the molecule is Cc1cccc(OCCN2C(=O)S/C(=C\c3cccc(OCC(=O)Nc4ccc(C)cc4C)c3)C2=O)c1. The van der Waals surface area contributed by atoms with Gasteiger partial charge in [-0.1, -0.05) is 42.0 Å². The number of nitrogens with one attached hydrogen (secondary N) is 1. The minimum Gasteiger partial charge on any atom is -0.492 e. The summed E-state index contributed by atoms with van der Waals surface area (Å²) in [6, 6.07) is 20.4. The van der Waals surface area contributed by atoms with Crippen molar-refractivity contribution < 1.29 is 23.9 Å². The Morgan fingerprint density at radius 2 is 1.65 bits per heavy atom. The minimum atomic E-state index is -0.359. The molecule has 0 bridgehead atoms. The molecule has 1 aliphatic rings. The normalized spacial score (nSPS) is 14.2. The van der Waals surface area contributed by atoms with Gasteiger partial charge in [-0.15, -0.1) is 0 Å². The summed E-state index contributed by atoms with van der Waals surface area (Å²) in [7, 11) is 0. The number of aryl methyl sites for hydroxylation is 3. The maximum Gasteiger partial charge on any atom is 0.293 e. The Bertz CT molecular complexity index is 1370. The minimum absolute atomic E-state index is 0.159. The molecule has 1 heterocycles. The van der Waals surface area contributed by atoms with Gasteiger partial charge in [0.2, 0.25) is 0 Å². The van der Waals surface area contributed by atoms with E-state index in [9.17, 15) is 14.4 Å². The van der Waals surface area contributed by atoms with Gasteiger partial charge in [-0.2, -0.15) is 0 Å². The highest BCUT2D eigenvalue weighted by atomic mass is 32.2. The van der Waals surface area contributed by atoms with Crippen molar-refractivity contribution in [2.24, 2.45) is 0 Å². The second kappa shape index (κ2) is 11.8. The second-order valence-electron chi connectivity index (χ2n) is 8.73. The van der Waals surface area contributed by atoms with Crippen LogP contribution in [-0.4, -0.2) is 41.7 Å². The number of hydrogen-bond donors (Lipinski definition) is 1. The van der Waals surface area contributed by atoms with Crippen LogP contribution in [0.4, 0.5) is 10.5 Å². The molecular formula is C29H28N2O5S. The van der Waals surface area contributed by atoms with E-state index in [4.69, 9.17) is 9.47 Å². The summed E-state index contributed by atoms with van der Waals surface area (Å²) in [5.41, 5.74) is 4.60. The smallest absolute Gasteiger partial charge is 0.293 e. The molecule has 7 nitrogen and oxygen atoms in total. The van der Waals surface area contributed by atoms with Crippen LogP contribution in [0.2, 0.25) is 0 Å². The number of nitrogens with zero attached hydrogens (tertiary/aromatic N) is 1. The number of carbonyl (C=O) groups excluding carboxylic acids is 3. The van der Waals surface area contributed by atoms with Crippen LogP contribution in [0.15, 0.2) is 71.6 Å². The van der Waals surface area contributed by atoms with Gasteiger partial charge in [0.25, 0.3) is 17.1 Å². The predicted octanol–water partition coefficient (Wildman–Crippen LogP) is 5.74. The number of benzene rings is 3. The molecule has 0 aromatic heterocycles. The molecule has 0 radical (unpaired) electrons. The second-order valence-corrected chi connectivity index (χ2v) is 9.72.